The van der Waals surface area contributed by atoms with Gasteiger partial charge in [-0.05, 0) is 24.5 Å². The van der Waals surface area contributed by atoms with Crippen molar-refractivity contribution in [1.82, 2.24) is 0 Å². The zero-order valence-electron chi connectivity index (χ0n) is 10.9. The van der Waals surface area contributed by atoms with Crippen LogP contribution in [-0.2, 0) is 31.2 Å². The van der Waals surface area contributed by atoms with Gasteiger partial charge in [-0.25, -0.2) is 4.57 Å². The van der Waals surface area contributed by atoms with Crippen LogP contribution in [0.15, 0.2) is 24.3 Å². The molecule has 2 unspecified atom stereocenters. The van der Waals surface area contributed by atoms with E-state index in [9.17, 15) is 9.46 Å². The molecule has 1 fully saturated rings. The summed E-state index contributed by atoms with van der Waals surface area (Å²) in [7, 11) is -3.88. The molecule has 0 bridgehead atoms. The third-order valence-electron chi connectivity index (χ3n) is 2.89. The van der Waals surface area contributed by atoms with E-state index in [1.54, 1.807) is 6.92 Å². The van der Waals surface area contributed by atoms with E-state index in [2.05, 4.69) is 10.6 Å². The van der Waals surface area contributed by atoms with E-state index in [1.165, 1.54) is 5.56 Å². The minimum absolute atomic E-state index is 0.156. The summed E-state index contributed by atoms with van der Waals surface area (Å²) in [4.78, 5) is 9.31. The average molecular weight is 286 g/mol. The van der Waals surface area contributed by atoms with E-state index < -0.39 is 7.82 Å². The fourth-order valence-corrected chi connectivity index (χ4v) is 2.63. The number of rotatable bonds is 8. The minimum Gasteiger partial charge on any atom is -0.373 e. The van der Waals surface area contributed by atoms with Crippen molar-refractivity contribution in [2.75, 3.05) is 19.8 Å². The monoisotopic (exact) mass is 286 g/mol. The smallest absolute Gasteiger partial charge is 0.373 e. The lowest BCUT2D eigenvalue weighted by molar-refractivity contribution is 0.156. The number of phosphoric acid groups is 1. The lowest BCUT2D eigenvalue weighted by Crippen LogP contribution is -2.04. The Morgan fingerprint density at radius 2 is 2.05 bits per heavy atom. The lowest BCUT2D eigenvalue weighted by Gasteiger charge is -2.12. The molecular weight excluding hydrogens is 267 g/mol. The maximum absolute atomic E-state index is 11.4. The summed E-state index contributed by atoms with van der Waals surface area (Å²) < 4.78 is 26.1. The number of benzene rings is 1. The molecule has 1 heterocycles. The molecule has 0 spiro atoms. The molecule has 0 saturated carbocycles. The average Bonchev–Trinajstić information content (AvgIpc) is 3.15. The molecule has 2 rings (SSSR count). The molecule has 1 aliphatic rings. The van der Waals surface area contributed by atoms with Crippen molar-refractivity contribution in [3.63, 3.8) is 0 Å². The van der Waals surface area contributed by atoms with E-state index in [-0.39, 0.29) is 13.2 Å². The summed E-state index contributed by atoms with van der Waals surface area (Å²) in [6.07, 6.45) is 1.80. The van der Waals surface area contributed by atoms with Crippen LogP contribution in [0.1, 0.15) is 18.1 Å². The standard InChI is InChI=1S/C13H19O5P/c1-2-17-19(14,15)18-8-7-11-5-3-4-6-12(11)9-13-10-16-13/h3-6,13H,2,7-10H2,1H3,(H,14,15). The molecule has 19 heavy (non-hydrogen) atoms. The predicted octanol–water partition coefficient (Wildman–Crippen LogP) is 2.32. The van der Waals surface area contributed by atoms with Crippen molar-refractivity contribution in [2.45, 2.75) is 25.9 Å². The van der Waals surface area contributed by atoms with Gasteiger partial charge >= 0.3 is 7.82 Å². The van der Waals surface area contributed by atoms with Gasteiger partial charge in [-0.15, -0.1) is 0 Å². The van der Waals surface area contributed by atoms with Gasteiger partial charge in [-0.3, -0.25) is 9.05 Å². The predicted molar refractivity (Wildman–Crippen MR) is 71.0 cm³/mol. The van der Waals surface area contributed by atoms with E-state index in [0.717, 1.165) is 18.6 Å². The van der Waals surface area contributed by atoms with Gasteiger partial charge < -0.3 is 9.63 Å². The number of epoxide rings is 1. The van der Waals surface area contributed by atoms with Crippen LogP contribution in [0.3, 0.4) is 0 Å². The fourth-order valence-electron chi connectivity index (χ4n) is 1.90. The maximum Gasteiger partial charge on any atom is 0.472 e. The first kappa shape index (κ1) is 14.7. The zero-order valence-corrected chi connectivity index (χ0v) is 11.8. The van der Waals surface area contributed by atoms with Gasteiger partial charge in [0.2, 0.25) is 0 Å². The van der Waals surface area contributed by atoms with E-state index in [0.29, 0.717) is 12.5 Å². The Morgan fingerprint density at radius 3 is 2.68 bits per heavy atom. The highest BCUT2D eigenvalue weighted by molar-refractivity contribution is 7.47. The van der Waals surface area contributed by atoms with Crippen LogP contribution in [0.5, 0.6) is 0 Å². The van der Waals surface area contributed by atoms with Gasteiger partial charge in [0.05, 0.1) is 25.9 Å². The molecule has 2 atom stereocenters. The summed E-state index contributed by atoms with van der Waals surface area (Å²) in [5, 5.41) is 0. The summed E-state index contributed by atoms with van der Waals surface area (Å²) in [6.45, 7) is 2.79. The van der Waals surface area contributed by atoms with Crippen LogP contribution in [0.25, 0.3) is 0 Å². The van der Waals surface area contributed by atoms with Crippen molar-refractivity contribution >= 4 is 7.82 Å². The highest BCUT2D eigenvalue weighted by atomic mass is 31.2. The van der Waals surface area contributed by atoms with Crippen molar-refractivity contribution in [1.29, 1.82) is 0 Å². The van der Waals surface area contributed by atoms with Crippen molar-refractivity contribution < 1.29 is 23.2 Å². The Bertz CT molecular complexity index is 458. The molecule has 6 heteroatoms. The number of hydrogen-bond acceptors (Lipinski definition) is 4. The third kappa shape index (κ3) is 5.05. The molecular formula is C13H19O5P. The Labute approximate surface area is 113 Å². The molecule has 5 nitrogen and oxygen atoms in total. The van der Waals surface area contributed by atoms with Crippen molar-refractivity contribution in [3.8, 4) is 0 Å². The third-order valence-corrected chi connectivity index (χ3v) is 3.98. The van der Waals surface area contributed by atoms with Gasteiger partial charge in [0.15, 0.2) is 0 Å². The first-order valence-electron chi connectivity index (χ1n) is 6.41. The van der Waals surface area contributed by atoms with Gasteiger partial charge in [-0.1, -0.05) is 24.3 Å². The van der Waals surface area contributed by atoms with Gasteiger partial charge in [0.25, 0.3) is 0 Å². The first-order chi connectivity index (χ1) is 9.11. The number of hydrogen-bond donors (Lipinski definition) is 1. The largest absolute Gasteiger partial charge is 0.472 e. The second kappa shape index (κ2) is 6.64. The Hall–Kier alpha value is -0.710. The Morgan fingerprint density at radius 1 is 1.37 bits per heavy atom. The van der Waals surface area contributed by atoms with Crippen LogP contribution in [-0.4, -0.2) is 30.8 Å². The second-order valence-electron chi connectivity index (χ2n) is 4.40. The Balaban J connectivity index is 1.86. The lowest BCUT2D eigenvalue weighted by atomic mass is 10.0. The summed E-state index contributed by atoms with van der Waals surface area (Å²) in [6, 6.07) is 8.00. The van der Waals surface area contributed by atoms with Crippen LogP contribution in [0, 0.1) is 0 Å². The highest BCUT2D eigenvalue weighted by Gasteiger charge is 2.24. The van der Waals surface area contributed by atoms with Gasteiger partial charge in [-0.2, -0.15) is 0 Å². The fraction of sp³-hybridized carbons (Fsp3) is 0.538. The molecule has 0 amide bonds. The zero-order chi connectivity index (χ0) is 13.7. The van der Waals surface area contributed by atoms with Crippen LogP contribution in [0.2, 0.25) is 0 Å². The van der Waals surface area contributed by atoms with E-state index in [1.807, 2.05) is 18.2 Å². The maximum atomic E-state index is 11.4. The molecule has 1 aromatic rings. The molecule has 1 N–H and O–H groups in total. The van der Waals surface area contributed by atoms with Crippen molar-refractivity contribution in [2.24, 2.45) is 0 Å². The molecule has 0 aliphatic carbocycles. The molecule has 1 saturated heterocycles. The topological polar surface area (TPSA) is 68.3 Å². The summed E-state index contributed by atoms with van der Waals surface area (Å²) in [5.74, 6) is 0. The SMILES string of the molecule is CCOP(=O)(O)OCCc1ccccc1CC1CO1. The molecule has 106 valence electrons. The minimum atomic E-state index is -3.88. The van der Waals surface area contributed by atoms with Crippen LogP contribution in [0.4, 0.5) is 0 Å². The normalized spacial score (nSPS) is 21.1. The Kier molecular flexibility index (Phi) is 5.13. The summed E-state index contributed by atoms with van der Waals surface area (Å²) >= 11 is 0. The number of phosphoric ester groups is 1. The van der Waals surface area contributed by atoms with Gasteiger partial charge in [0.1, 0.15) is 0 Å². The van der Waals surface area contributed by atoms with E-state index in [4.69, 9.17) is 9.26 Å². The van der Waals surface area contributed by atoms with Crippen molar-refractivity contribution in [3.05, 3.63) is 35.4 Å². The highest BCUT2D eigenvalue weighted by Crippen LogP contribution is 2.42. The van der Waals surface area contributed by atoms with Crippen LogP contribution >= 0.6 is 7.82 Å². The molecule has 0 aromatic heterocycles. The quantitative estimate of drug-likeness (QED) is 0.586. The summed E-state index contributed by atoms with van der Waals surface area (Å²) in [5.41, 5.74) is 2.33. The first-order valence-corrected chi connectivity index (χ1v) is 7.90. The van der Waals surface area contributed by atoms with E-state index >= 15 is 0 Å². The molecule has 0 radical (unpaired) electrons. The van der Waals surface area contributed by atoms with Crippen LogP contribution < -0.4 is 0 Å². The number of ether oxygens (including phenoxy) is 1. The molecule has 1 aliphatic heterocycles. The second-order valence-corrected chi connectivity index (χ2v) is 5.85. The molecule has 1 aromatic carbocycles. The van der Waals surface area contributed by atoms with Gasteiger partial charge in [0, 0.05) is 6.42 Å².